The van der Waals surface area contributed by atoms with Crippen LogP contribution in [0.4, 0.5) is 4.39 Å². The molecule has 2 N–H and O–H groups in total. The largest absolute Gasteiger partial charge is 0.395 e. The van der Waals surface area contributed by atoms with Crippen molar-refractivity contribution in [2.75, 3.05) is 19.4 Å². The molecular weight excluding hydrogens is 293 g/mol. The molecule has 2 unspecified atom stereocenters. The summed E-state index contributed by atoms with van der Waals surface area (Å²) in [5.41, 5.74) is 0.405. The van der Waals surface area contributed by atoms with Crippen molar-refractivity contribution >= 4 is 16.7 Å². The molecule has 1 aromatic rings. The smallest absolute Gasteiger partial charge is 0.254 e. The van der Waals surface area contributed by atoms with E-state index in [0.29, 0.717) is 12.0 Å². The van der Waals surface area contributed by atoms with Crippen LogP contribution in [0.15, 0.2) is 18.2 Å². The van der Waals surface area contributed by atoms with Gasteiger partial charge in [0, 0.05) is 40.8 Å². The van der Waals surface area contributed by atoms with Gasteiger partial charge in [0.2, 0.25) is 0 Å². The van der Waals surface area contributed by atoms with E-state index in [0.717, 1.165) is 0 Å². The van der Waals surface area contributed by atoms with Gasteiger partial charge in [-0.25, -0.2) is 4.39 Å². The van der Waals surface area contributed by atoms with Gasteiger partial charge in [-0.3, -0.25) is 9.00 Å². The number of benzene rings is 1. The molecule has 0 saturated heterocycles. The summed E-state index contributed by atoms with van der Waals surface area (Å²) in [5, 5.41) is 11.0. The molecule has 0 bridgehead atoms. The predicted octanol–water partition coefficient (Wildman–Crippen LogP) is 1.06. The van der Waals surface area contributed by atoms with E-state index >= 15 is 0 Å². The van der Waals surface area contributed by atoms with Crippen molar-refractivity contribution in [1.29, 1.82) is 0 Å². The Kier molecular flexibility index (Phi) is 7.06. The maximum absolute atomic E-state index is 13.7. The molecular formula is C15H18FNO3S. The van der Waals surface area contributed by atoms with E-state index < -0.39 is 22.5 Å². The highest BCUT2D eigenvalue weighted by Crippen LogP contribution is 2.10. The molecule has 0 aliphatic carbocycles. The van der Waals surface area contributed by atoms with Gasteiger partial charge in [0.05, 0.1) is 12.2 Å². The predicted molar refractivity (Wildman–Crippen MR) is 80.8 cm³/mol. The number of nitrogens with one attached hydrogen (secondary N) is 1. The summed E-state index contributed by atoms with van der Waals surface area (Å²) in [7, 11) is -1.05. The number of halogens is 1. The quantitative estimate of drug-likeness (QED) is 0.799. The van der Waals surface area contributed by atoms with Crippen LogP contribution in [0.5, 0.6) is 0 Å². The molecule has 0 aliphatic rings. The first-order chi connectivity index (χ1) is 9.95. The zero-order valence-corrected chi connectivity index (χ0v) is 12.8. The van der Waals surface area contributed by atoms with Crippen molar-refractivity contribution in [3.05, 3.63) is 35.1 Å². The van der Waals surface area contributed by atoms with Crippen molar-refractivity contribution in [3.8, 4) is 11.8 Å². The van der Waals surface area contributed by atoms with Gasteiger partial charge in [-0.15, -0.1) is 0 Å². The number of hydrogen-bond donors (Lipinski definition) is 2. The molecule has 114 valence electrons. The minimum atomic E-state index is -1.05. The van der Waals surface area contributed by atoms with Crippen LogP contribution >= 0.6 is 0 Å². The summed E-state index contributed by atoms with van der Waals surface area (Å²) in [6.07, 6.45) is 1.87. The fraction of sp³-hybridized carbons (Fsp3) is 0.400. The molecule has 2 atom stereocenters. The SMILES string of the molecule is CC(CNC(=O)c1cc(C#CCCO)ccc1F)S(C)=O. The third kappa shape index (κ3) is 5.66. The topological polar surface area (TPSA) is 66.4 Å². The van der Waals surface area contributed by atoms with Crippen molar-refractivity contribution < 1.29 is 18.5 Å². The third-order valence-corrected chi connectivity index (χ3v) is 4.10. The molecule has 0 fully saturated rings. The Morgan fingerprint density at radius 2 is 2.24 bits per heavy atom. The minimum Gasteiger partial charge on any atom is -0.395 e. The highest BCUT2D eigenvalue weighted by Gasteiger charge is 2.14. The lowest BCUT2D eigenvalue weighted by atomic mass is 10.1. The lowest BCUT2D eigenvalue weighted by molar-refractivity contribution is 0.0950. The highest BCUT2D eigenvalue weighted by atomic mass is 32.2. The zero-order valence-electron chi connectivity index (χ0n) is 12.0. The van der Waals surface area contributed by atoms with Gasteiger partial charge in [0.25, 0.3) is 5.91 Å². The summed E-state index contributed by atoms with van der Waals surface area (Å²) >= 11 is 0. The Hall–Kier alpha value is -1.71. The van der Waals surface area contributed by atoms with Crippen molar-refractivity contribution in [2.24, 2.45) is 0 Å². The van der Waals surface area contributed by atoms with Gasteiger partial charge in [0.1, 0.15) is 5.82 Å². The summed E-state index contributed by atoms with van der Waals surface area (Å²) in [4.78, 5) is 11.9. The van der Waals surface area contributed by atoms with E-state index in [1.54, 1.807) is 13.2 Å². The van der Waals surface area contributed by atoms with Gasteiger partial charge >= 0.3 is 0 Å². The van der Waals surface area contributed by atoms with Gasteiger partial charge in [-0.05, 0) is 25.1 Å². The van der Waals surface area contributed by atoms with E-state index in [4.69, 9.17) is 5.11 Å². The number of carbonyl (C=O) groups is 1. The van der Waals surface area contributed by atoms with Crippen molar-refractivity contribution in [3.63, 3.8) is 0 Å². The van der Waals surface area contributed by atoms with E-state index in [-0.39, 0.29) is 24.0 Å². The fourth-order valence-electron chi connectivity index (χ4n) is 1.45. The molecule has 1 amide bonds. The maximum Gasteiger partial charge on any atom is 0.254 e. The number of aliphatic hydroxyl groups excluding tert-OH is 1. The maximum atomic E-state index is 13.7. The normalized spacial score (nSPS) is 13.0. The first kappa shape index (κ1) is 17.3. The standard InChI is InChI=1S/C15H18FNO3S/c1-11(21(2)20)10-17-15(19)13-9-12(5-3-4-8-18)6-7-14(13)16/h6-7,9,11,18H,4,8,10H2,1-2H3,(H,17,19). The highest BCUT2D eigenvalue weighted by molar-refractivity contribution is 7.84. The van der Waals surface area contributed by atoms with Crippen LogP contribution < -0.4 is 5.32 Å². The van der Waals surface area contributed by atoms with Crippen LogP contribution in [0.3, 0.4) is 0 Å². The molecule has 6 heteroatoms. The zero-order chi connectivity index (χ0) is 15.8. The first-order valence-electron chi connectivity index (χ1n) is 6.45. The van der Waals surface area contributed by atoms with Crippen molar-refractivity contribution in [2.45, 2.75) is 18.6 Å². The number of rotatable bonds is 5. The van der Waals surface area contributed by atoms with Crippen molar-refractivity contribution in [1.82, 2.24) is 5.32 Å². The van der Waals surface area contributed by atoms with E-state index in [1.165, 1.54) is 18.2 Å². The van der Waals surface area contributed by atoms with Crippen LogP contribution in [-0.2, 0) is 10.8 Å². The average molecular weight is 311 g/mol. The molecule has 0 aromatic heterocycles. The van der Waals surface area contributed by atoms with Crippen LogP contribution in [-0.4, -0.2) is 39.9 Å². The van der Waals surface area contributed by atoms with E-state index in [1.807, 2.05) is 0 Å². The average Bonchev–Trinajstić information content (AvgIpc) is 2.46. The lowest BCUT2D eigenvalue weighted by Gasteiger charge is -2.10. The second-order valence-electron chi connectivity index (χ2n) is 4.49. The summed E-state index contributed by atoms with van der Waals surface area (Å²) < 4.78 is 24.9. The fourth-order valence-corrected chi connectivity index (χ4v) is 1.76. The Morgan fingerprint density at radius 1 is 1.52 bits per heavy atom. The summed E-state index contributed by atoms with van der Waals surface area (Å²) in [6.45, 7) is 1.90. The molecule has 0 radical (unpaired) electrons. The first-order valence-corrected chi connectivity index (χ1v) is 8.07. The second kappa shape index (κ2) is 8.55. The molecule has 1 aromatic carbocycles. The Labute approximate surface area is 126 Å². The monoisotopic (exact) mass is 311 g/mol. The van der Waals surface area contributed by atoms with Crippen LogP contribution in [0, 0.1) is 17.7 Å². The molecule has 21 heavy (non-hydrogen) atoms. The molecule has 0 spiro atoms. The van der Waals surface area contributed by atoms with Crippen LogP contribution in [0.1, 0.15) is 29.3 Å². The summed E-state index contributed by atoms with van der Waals surface area (Å²) in [6, 6.07) is 4.02. The molecule has 0 saturated carbocycles. The molecule has 0 aliphatic heterocycles. The Balaban J connectivity index is 2.82. The number of carbonyl (C=O) groups excluding carboxylic acids is 1. The van der Waals surface area contributed by atoms with Crippen LogP contribution in [0.2, 0.25) is 0 Å². The number of hydrogen-bond acceptors (Lipinski definition) is 3. The lowest BCUT2D eigenvalue weighted by Crippen LogP contribution is -2.33. The van der Waals surface area contributed by atoms with Gasteiger partial charge in [-0.1, -0.05) is 11.8 Å². The Bertz CT molecular complexity index is 592. The number of aliphatic hydroxyl groups is 1. The Morgan fingerprint density at radius 3 is 2.86 bits per heavy atom. The van der Waals surface area contributed by atoms with E-state index in [9.17, 15) is 13.4 Å². The molecule has 0 heterocycles. The molecule has 4 nitrogen and oxygen atoms in total. The minimum absolute atomic E-state index is 0.0480. The van der Waals surface area contributed by atoms with Gasteiger partial charge in [0.15, 0.2) is 0 Å². The van der Waals surface area contributed by atoms with Gasteiger partial charge in [-0.2, -0.15) is 0 Å². The third-order valence-electron chi connectivity index (χ3n) is 2.80. The van der Waals surface area contributed by atoms with Crippen LogP contribution in [0.25, 0.3) is 0 Å². The van der Waals surface area contributed by atoms with Gasteiger partial charge < -0.3 is 10.4 Å². The number of amides is 1. The summed E-state index contributed by atoms with van der Waals surface area (Å²) in [5.74, 6) is 4.26. The molecule has 1 rings (SSSR count). The van der Waals surface area contributed by atoms with E-state index in [2.05, 4.69) is 17.2 Å². The second-order valence-corrected chi connectivity index (χ2v) is 6.29.